The number of anilines is 1. The minimum Gasteiger partial charge on any atom is -0.272 e. The minimum absolute atomic E-state index is 0.0521. The average molecular weight is 220 g/mol. The second kappa shape index (κ2) is 4.34. The molecule has 1 rings (SSSR count). The Morgan fingerprint density at radius 1 is 1.31 bits per heavy atom. The van der Waals surface area contributed by atoms with Gasteiger partial charge in [0, 0.05) is 6.54 Å². The largest absolute Gasteiger partial charge is 0.319 e. The predicted octanol–water partition coefficient (Wildman–Crippen LogP) is 1.07. The van der Waals surface area contributed by atoms with Crippen LogP contribution in [0.15, 0.2) is 0 Å². The SMILES string of the molecule is CCN([C]=O)c1nc(Cl)nc(Cl)n1. The molecule has 1 aromatic heterocycles. The van der Waals surface area contributed by atoms with Crippen LogP contribution in [0.25, 0.3) is 0 Å². The Labute approximate surface area is 84.7 Å². The van der Waals surface area contributed by atoms with Crippen LogP contribution >= 0.6 is 23.2 Å². The molecular weight excluding hydrogens is 215 g/mol. The first-order valence-electron chi connectivity index (χ1n) is 3.39. The normalized spacial score (nSPS) is 9.77. The van der Waals surface area contributed by atoms with Gasteiger partial charge in [0.25, 0.3) is 0 Å². The number of amides is 1. The molecule has 69 valence electrons. The highest BCUT2D eigenvalue weighted by Gasteiger charge is 2.09. The lowest BCUT2D eigenvalue weighted by molar-refractivity contribution is 0.551. The van der Waals surface area contributed by atoms with Crippen LogP contribution in [0, 0.1) is 0 Å². The number of nitrogens with zero attached hydrogens (tertiary/aromatic N) is 4. The van der Waals surface area contributed by atoms with E-state index in [4.69, 9.17) is 23.2 Å². The first kappa shape index (κ1) is 10.1. The summed E-state index contributed by atoms with van der Waals surface area (Å²) in [7, 11) is 0. The number of carbonyl (C=O) groups excluding carboxylic acids is 1. The molecule has 0 aliphatic rings. The van der Waals surface area contributed by atoms with Crippen molar-refractivity contribution in [3.05, 3.63) is 10.6 Å². The topological polar surface area (TPSA) is 59.0 Å². The van der Waals surface area contributed by atoms with E-state index in [2.05, 4.69) is 15.0 Å². The Morgan fingerprint density at radius 3 is 2.23 bits per heavy atom. The van der Waals surface area contributed by atoms with Gasteiger partial charge in [-0.2, -0.15) is 15.0 Å². The quantitative estimate of drug-likeness (QED) is 0.715. The average Bonchev–Trinajstić information content (AvgIpc) is 2.04. The molecule has 7 heteroatoms. The van der Waals surface area contributed by atoms with Crippen LogP contribution in [0.4, 0.5) is 5.95 Å². The molecule has 0 fully saturated rings. The van der Waals surface area contributed by atoms with Crippen molar-refractivity contribution in [3.8, 4) is 0 Å². The van der Waals surface area contributed by atoms with Gasteiger partial charge in [0.1, 0.15) is 0 Å². The second-order valence-electron chi connectivity index (χ2n) is 2.01. The van der Waals surface area contributed by atoms with Gasteiger partial charge >= 0.3 is 6.41 Å². The fourth-order valence-electron chi connectivity index (χ4n) is 0.684. The van der Waals surface area contributed by atoms with Gasteiger partial charge < -0.3 is 0 Å². The summed E-state index contributed by atoms with van der Waals surface area (Å²) >= 11 is 11.0. The molecule has 0 aliphatic carbocycles. The van der Waals surface area contributed by atoms with E-state index in [1.54, 1.807) is 13.3 Å². The molecule has 0 aromatic carbocycles. The van der Waals surface area contributed by atoms with Crippen molar-refractivity contribution in [2.45, 2.75) is 6.92 Å². The highest BCUT2D eigenvalue weighted by Crippen LogP contribution is 2.12. The monoisotopic (exact) mass is 219 g/mol. The molecule has 0 saturated heterocycles. The molecule has 0 saturated carbocycles. The van der Waals surface area contributed by atoms with E-state index in [1.165, 1.54) is 0 Å². The van der Waals surface area contributed by atoms with Crippen LogP contribution in [0.3, 0.4) is 0 Å². The third-order valence-electron chi connectivity index (χ3n) is 1.24. The maximum Gasteiger partial charge on any atom is 0.319 e. The van der Waals surface area contributed by atoms with Gasteiger partial charge in [-0.3, -0.25) is 9.69 Å². The molecule has 0 aliphatic heterocycles. The third kappa shape index (κ3) is 2.50. The molecule has 1 heterocycles. The first-order valence-corrected chi connectivity index (χ1v) is 4.15. The standard InChI is InChI=1S/C6H5Cl2N4O/c1-2-12(3-13)6-10-4(7)9-5(8)11-6/h2H2,1H3. The summed E-state index contributed by atoms with van der Waals surface area (Å²) in [5, 5.41) is -0.104. The van der Waals surface area contributed by atoms with Crippen LogP contribution in [0.2, 0.25) is 10.6 Å². The van der Waals surface area contributed by atoms with Gasteiger partial charge in [0.05, 0.1) is 0 Å². The number of hydrogen-bond acceptors (Lipinski definition) is 4. The number of hydrogen-bond donors (Lipinski definition) is 0. The zero-order chi connectivity index (χ0) is 9.84. The van der Waals surface area contributed by atoms with Crippen molar-refractivity contribution in [2.75, 3.05) is 11.4 Å². The summed E-state index contributed by atoms with van der Waals surface area (Å²) in [5.74, 6) is 0.0995. The number of aromatic nitrogens is 3. The zero-order valence-electron chi connectivity index (χ0n) is 6.66. The van der Waals surface area contributed by atoms with Gasteiger partial charge in [0.2, 0.25) is 16.5 Å². The van der Waals surface area contributed by atoms with Crippen molar-refractivity contribution < 1.29 is 4.79 Å². The van der Waals surface area contributed by atoms with Crippen LogP contribution in [-0.4, -0.2) is 27.9 Å². The molecule has 13 heavy (non-hydrogen) atoms. The van der Waals surface area contributed by atoms with Gasteiger partial charge in [-0.05, 0) is 30.1 Å². The molecule has 0 bridgehead atoms. The van der Waals surface area contributed by atoms with Crippen LogP contribution in [0.5, 0.6) is 0 Å². The Balaban J connectivity index is 3.05. The summed E-state index contributed by atoms with van der Waals surface area (Å²) in [6.45, 7) is 2.14. The molecule has 1 amide bonds. The van der Waals surface area contributed by atoms with Crippen molar-refractivity contribution in [2.24, 2.45) is 0 Å². The van der Waals surface area contributed by atoms with E-state index in [1.807, 2.05) is 0 Å². The summed E-state index contributed by atoms with van der Waals surface area (Å²) in [4.78, 5) is 22.4. The lowest BCUT2D eigenvalue weighted by Crippen LogP contribution is -2.22. The maximum atomic E-state index is 10.4. The summed E-state index contributed by atoms with van der Waals surface area (Å²) in [6, 6.07) is 0. The van der Waals surface area contributed by atoms with E-state index >= 15 is 0 Å². The van der Waals surface area contributed by atoms with E-state index in [9.17, 15) is 4.79 Å². The molecule has 1 radical (unpaired) electrons. The Morgan fingerprint density at radius 2 is 1.85 bits per heavy atom. The van der Waals surface area contributed by atoms with Gasteiger partial charge in [-0.15, -0.1) is 0 Å². The summed E-state index contributed by atoms with van der Waals surface area (Å²) in [5.41, 5.74) is 0. The summed E-state index contributed by atoms with van der Waals surface area (Å²) in [6.07, 6.45) is 1.64. The molecule has 0 spiro atoms. The van der Waals surface area contributed by atoms with Crippen LogP contribution in [0.1, 0.15) is 6.92 Å². The molecule has 0 atom stereocenters. The Bertz CT molecular complexity index is 299. The van der Waals surface area contributed by atoms with E-state index in [0.29, 0.717) is 6.54 Å². The predicted molar refractivity (Wildman–Crippen MR) is 48.6 cm³/mol. The summed E-state index contributed by atoms with van der Waals surface area (Å²) < 4.78 is 0. The highest BCUT2D eigenvalue weighted by molar-refractivity contribution is 6.31. The van der Waals surface area contributed by atoms with Gasteiger partial charge in [-0.1, -0.05) is 0 Å². The van der Waals surface area contributed by atoms with E-state index < -0.39 is 0 Å². The third-order valence-corrected chi connectivity index (χ3v) is 1.57. The van der Waals surface area contributed by atoms with Gasteiger partial charge in [-0.25, -0.2) is 0 Å². The molecule has 0 N–H and O–H groups in total. The van der Waals surface area contributed by atoms with Gasteiger partial charge in [0.15, 0.2) is 0 Å². The Kier molecular flexibility index (Phi) is 3.39. The molecular formula is C6H5Cl2N4O. The number of halogens is 2. The number of rotatable bonds is 3. The van der Waals surface area contributed by atoms with Crippen molar-refractivity contribution in [3.63, 3.8) is 0 Å². The van der Waals surface area contributed by atoms with Crippen molar-refractivity contribution >= 4 is 35.6 Å². The Hall–Kier alpha value is -0.940. The van der Waals surface area contributed by atoms with Crippen molar-refractivity contribution in [1.82, 2.24) is 15.0 Å². The lowest BCUT2D eigenvalue weighted by atomic mass is 10.6. The minimum atomic E-state index is -0.0521. The first-order chi connectivity index (χ1) is 6.17. The van der Waals surface area contributed by atoms with Crippen LogP contribution in [-0.2, 0) is 4.79 Å². The van der Waals surface area contributed by atoms with E-state index in [0.717, 1.165) is 4.90 Å². The fourth-order valence-corrected chi connectivity index (χ4v) is 1.04. The molecule has 0 unspecified atom stereocenters. The maximum absolute atomic E-state index is 10.4. The zero-order valence-corrected chi connectivity index (χ0v) is 8.17. The molecule has 1 aromatic rings. The lowest BCUT2D eigenvalue weighted by Gasteiger charge is -2.10. The fraction of sp³-hybridized carbons (Fsp3) is 0.333. The molecule has 5 nitrogen and oxygen atoms in total. The van der Waals surface area contributed by atoms with E-state index in [-0.39, 0.29) is 16.5 Å². The van der Waals surface area contributed by atoms with Crippen LogP contribution < -0.4 is 4.90 Å². The van der Waals surface area contributed by atoms with Crippen molar-refractivity contribution in [1.29, 1.82) is 0 Å². The smallest absolute Gasteiger partial charge is 0.272 e. The second-order valence-corrected chi connectivity index (χ2v) is 2.69. The highest BCUT2D eigenvalue weighted by atomic mass is 35.5.